The van der Waals surface area contributed by atoms with Gasteiger partial charge in [-0.2, -0.15) is 5.10 Å². The molecule has 0 bridgehead atoms. The summed E-state index contributed by atoms with van der Waals surface area (Å²) >= 11 is 6.32. The Bertz CT molecular complexity index is 1400. The van der Waals surface area contributed by atoms with Crippen molar-refractivity contribution < 1.29 is 23.4 Å². The summed E-state index contributed by atoms with van der Waals surface area (Å²) in [4.78, 5) is 12.5. The zero-order valence-electron chi connectivity index (χ0n) is 21.8. The summed E-state index contributed by atoms with van der Waals surface area (Å²) in [5, 5.41) is 4.40. The van der Waals surface area contributed by atoms with Crippen LogP contribution in [-0.2, 0) is 6.61 Å². The standard InChI is InChI=1S/C29H30ClN3O5/c1-5-35-27-16-21(15-25(30)28(27)36-6-2)17-31-32-29(34)26-14-13-24(38-26)18-37-23-11-9-22(10-12-23)33-19(3)7-8-20(33)4/h7-17H,5-6,18H2,1-4H3,(H,32,34)/b31-17+. The van der Waals surface area contributed by atoms with E-state index >= 15 is 0 Å². The van der Waals surface area contributed by atoms with Gasteiger partial charge < -0.3 is 23.2 Å². The van der Waals surface area contributed by atoms with Gasteiger partial charge in [-0.15, -0.1) is 0 Å². The van der Waals surface area contributed by atoms with Crippen LogP contribution >= 0.6 is 11.6 Å². The molecule has 0 spiro atoms. The van der Waals surface area contributed by atoms with Crippen molar-refractivity contribution in [3.05, 3.63) is 94.2 Å². The first-order valence-corrected chi connectivity index (χ1v) is 12.7. The summed E-state index contributed by atoms with van der Waals surface area (Å²) in [7, 11) is 0. The molecule has 4 aromatic rings. The Morgan fingerprint density at radius 2 is 1.68 bits per heavy atom. The normalized spacial score (nSPS) is 11.1. The van der Waals surface area contributed by atoms with Gasteiger partial charge in [-0.3, -0.25) is 4.79 Å². The molecule has 0 atom stereocenters. The van der Waals surface area contributed by atoms with Crippen molar-refractivity contribution in [1.82, 2.24) is 9.99 Å². The molecule has 0 aliphatic rings. The number of carbonyl (C=O) groups excluding carboxylic acids is 1. The number of amides is 1. The average Bonchev–Trinajstić information content (AvgIpc) is 3.51. The lowest BCUT2D eigenvalue weighted by atomic mass is 10.2. The van der Waals surface area contributed by atoms with E-state index in [4.69, 9.17) is 30.2 Å². The molecule has 0 aliphatic carbocycles. The molecule has 0 saturated carbocycles. The minimum atomic E-state index is -0.489. The van der Waals surface area contributed by atoms with Gasteiger partial charge >= 0.3 is 5.91 Å². The Labute approximate surface area is 226 Å². The number of halogens is 1. The second kappa shape index (κ2) is 12.4. The summed E-state index contributed by atoms with van der Waals surface area (Å²) < 4.78 is 24.8. The lowest BCUT2D eigenvalue weighted by molar-refractivity contribution is 0.0923. The molecule has 4 rings (SSSR count). The van der Waals surface area contributed by atoms with Gasteiger partial charge in [-0.25, -0.2) is 5.43 Å². The van der Waals surface area contributed by atoms with Gasteiger partial charge in [0.2, 0.25) is 0 Å². The molecular formula is C29H30ClN3O5. The molecule has 9 heteroatoms. The first-order valence-electron chi connectivity index (χ1n) is 12.3. The fourth-order valence-electron chi connectivity index (χ4n) is 3.93. The lowest BCUT2D eigenvalue weighted by Crippen LogP contribution is -2.16. The number of hydrazone groups is 1. The van der Waals surface area contributed by atoms with Crippen molar-refractivity contribution in [1.29, 1.82) is 0 Å². The lowest BCUT2D eigenvalue weighted by Gasteiger charge is -2.13. The highest BCUT2D eigenvalue weighted by Crippen LogP contribution is 2.36. The molecule has 8 nitrogen and oxygen atoms in total. The summed E-state index contributed by atoms with van der Waals surface area (Å²) in [6.45, 7) is 8.98. The molecule has 2 aromatic carbocycles. The molecule has 0 fully saturated rings. The number of hydrogen-bond donors (Lipinski definition) is 1. The summed E-state index contributed by atoms with van der Waals surface area (Å²) in [6.07, 6.45) is 1.47. The fourth-order valence-corrected chi connectivity index (χ4v) is 4.20. The van der Waals surface area contributed by atoms with Crippen LogP contribution in [0.4, 0.5) is 0 Å². The van der Waals surface area contributed by atoms with Gasteiger partial charge in [0.25, 0.3) is 0 Å². The van der Waals surface area contributed by atoms with Crippen molar-refractivity contribution in [3.8, 4) is 22.9 Å². The van der Waals surface area contributed by atoms with Gasteiger partial charge in [0.15, 0.2) is 17.3 Å². The maximum absolute atomic E-state index is 12.5. The van der Waals surface area contributed by atoms with Gasteiger partial charge in [0, 0.05) is 17.1 Å². The Kier molecular flexibility index (Phi) is 8.76. The predicted octanol–water partition coefficient (Wildman–Crippen LogP) is 6.48. The van der Waals surface area contributed by atoms with E-state index in [9.17, 15) is 4.79 Å². The summed E-state index contributed by atoms with van der Waals surface area (Å²) in [5.74, 6) is 1.83. The number of nitrogens with one attached hydrogen (secondary N) is 1. The Morgan fingerprint density at radius 3 is 2.37 bits per heavy atom. The van der Waals surface area contributed by atoms with E-state index in [2.05, 4.69) is 41.1 Å². The molecule has 2 aromatic heterocycles. The van der Waals surface area contributed by atoms with Gasteiger partial charge in [-0.1, -0.05) is 11.6 Å². The first kappa shape index (κ1) is 26.9. The minimum Gasteiger partial charge on any atom is -0.490 e. The molecule has 198 valence electrons. The SMILES string of the molecule is CCOc1cc(/C=N/NC(=O)c2ccc(COc3ccc(-n4c(C)ccc4C)cc3)o2)cc(Cl)c1OCC. The topological polar surface area (TPSA) is 87.2 Å². The van der Waals surface area contributed by atoms with E-state index in [-0.39, 0.29) is 12.4 Å². The third-order valence-electron chi connectivity index (χ3n) is 5.63. The van der Waals surface area contributed by atoms with Crippen molar-refractivity contribution in [2.24, 2.45) is 5.10 Å². The van der Waals surface area contributed by atoms with E-state index in [0.29, 0.717) is 46.8 Å². The average molecular weight is 536 g/mol. The van der Waals surface area contributed by atoms with Crippen LogP contribution in [0.3, 0.4) is 0 Å². The highest BCUT2D eigenvalue weighted by atomic mass is 35.5. The maximum Gasteiger partial charge on any atom is 0.307 e. The molecule has 0 radical (unpaired) electrons. The van der Waals surface area contributed by atoms with Gasteiger partial charge in [0.05, 0.1) is 24.5 Å². The van der Waals surface area contributed by atoms with E-state index < -0.39 is 5.91 Å². The zero-order valence-corrected chi connectivity index (χ0v) is 22.5. The Balaban J connectivity index is 1.33. The summed E-state index contributed by atoms with van der Waals surface area (Å²) in [6, 6.07) is 18.7. The number of aromatic nitrogens is 1. The number of furan rings is 1. The number of hydrogen-bond acceptors (Lipinski definition) is 6. The number of benzene rings is 2. The van der Waals surface area contributed by atoms with Crippen LogP contribution in [0.5, 0.6) is 17.2 Å². The monoisotopic (exact) mass is 535 g/mol. The smallest absolute Gasteiger partial charge is 0.307 e. The second-order valence-electron chi connectivity index (χ2n) is 8.40. The van der Waals surface area contributed by atoms with Crippen LogP contribution in [0.1, 0.15) is 47.1 Å². The van der Waals surface area contributed by atoms with Crippen LogP contribution in [0, 0.1) is 13.8 Å². The molecule has 38 heavy (non-hydrogen) atoms. The molecule has 2 heterocycles. The van der Waals surface area contributed by atoms with E-state index in [1.165, 1.54) is 17.6 Å². The highest BCUT2D eigenvalue weighted by molar-refractivity contribution is 6.32. The summed E-state index contributed by atoms with van der Waals surface area (Å²) in [5.41, 5.74) is 6.50. The van der Waals surface area contributed by atoms with Crippen LogP contribution in [-0.4, -0.2) is 29.9 Å². The molecular weight excluding hydrogens is 506 g/mol. The van der Waals surface area contributed by atoms with E-state index in [0.717, 1.165) is 5.69 Å². The third kappa shape index (κ3) is 6.39. The highest BCUT2D eigenvalue weighted by Gasteiger charge is 2.13. The number of aryl methyl sites for hydroxylation is 2. The van der Waals surface area contributed by atoms with Crippen molar-refractivity contribution in [3.63, 3.8) is 0 Å². The second-order valence-corrected chi connectivity index (χ2v) is 8.80. The van der Waals surface area contributed by atoms with Gasteiger partial charge in [0.1, 0.15) is 18.1 Å². The Hall–Kier alpha value is -4.17. The number of carbonyl (C=O) groups is 1. The van der Waals surface area contributed by atoms with Crippen molar-refractivity contribution in [2.45, 2.75) is 34.3 Å². The van der Waals surface area contributed by atoms with Crippen LogP contribution in [0.15, 0.2) is 70.2 Å². The van der Waals surface area contributed by atoms with Crippen LogP contribution in [0.2, 0.25) is 5.02 Å². The van der Waals surface area contributed by atoms with Gasteiger partial charge in [-0.05, 0) is 93.9 Å². The maximum atomic E-state index is 12.5. The van der Waals surface area contributed by atoms with E-state index in [1.54, 1.807) is 24.3 Å². The minimum absolute atomic E-state index is 0.120. The molecule has 1 N–H and O–H groups in total. The largest absolute Gasteiger partial charge is 0.490 e. The van der Waals surface area contributed by atoms with E-state index in [1.807, 2.05) is 38.1 Å². The van der Waals surface area contributed by atoms with Crippen LogP contribution < -0.4 is 19.6 Å². The third-order valence-corrected chi connectivity index (χ3v) is 5.91. The quantitative estimate of drug-likeness (QED) is 0.175. The number of nitrogens with zero attached hydrogens (tertiary/aromatic N) is 2. The van der Waals surface area contributed by atoms with Crippen molar-refractivity contribution >= 4 is 23.7 Å². The number of ether oxygens (including phenoxy) is 3. The van der Waals surface area contributed by atoms with Crippen LogP contribution in [0.25, 0.3) is 5.69 Å². The predicted molar refractivity (Wildman–Crippen MR) is 147 cm³/mol. The first-order chi connectivity index (χ1) is 18.4. The molecule has 0 saturated heterocycles. The molecule has 1 amide bonds. The Morgan fingerprint density at radius 1 is 0.974 bits per heavy atom. The molecule has 0 aliphatic heterocycles. The zero-order chi connectivity index (χ0) is 27.1. The molecule has 0 unspecified atom stereocenters. The van der Waals surface area contributed by atoms with Crippen molar-refractivity contribution in [2.75, 3.05) is 13.2 Å². The fraction of sp³-hybridized carbons (Fsp3) is 0.241. The number of rotatable bonds is 11.